The molecule has 3 heteroatoms. The standard InChI is InChI=1S/C11H14FN2/c12-11(10-4-2-1-3-5-10)14-8-6-13-7-9-14/h2-5,11,13H,6-9H2. The molecule has 1 aliphatic heterocycles. The van der Waals surface area contributed by atoms with E-state index >= 15 is 0 Å². The number of rotatable bonds is 2. The van der Waals surface area contributed by atoms with E-state index in [1.54, 1.807) is 24.3 Å². The molecule has 1 aliphatic rings. The molecule has 1 unspecified atom stereocenters. The van der Waals surface area contributed by atoms with Crippen molar-refractivity contribution < 1.29 is 4.39 Å². The van der Waals surface area contributed by atoms with Gasteiger partial charge in [-0.05, 0) is 6.07 Å². The molecule has 0 amide bonds. The van der Waals surface area contributed by atoms with Crippen molar-refractivity contribution in [2.75, 3.05) is 26.2 Å². The van der Waals surface area contributed by atoms with Crippen molar-refractivity contribution in [1.82, 2.24) is 10.2 Å². The first-order chi connectivity index (χ1) is 6.88. The number of nitrogens with one attached hydrogen (secondary N) is 1. The first-order valence-corrected chi connectivity index (χ1v) is 4.93. The number of piperazine rings is 1. The van der Waals surface area contributed by atoms with E-state index in [0.29, 0.717) is 0 Å². The Morgan fingerprint density at radius 2 is 1.93 bits per heavy atom. The fourth-order valence-electron chi connectivity index (χ4n) is 1.68. The van der Waals surface area contributed by atoms with Gasteiger partial charge in [-0.1, -0.05) is 24.3 Å². The van der Waals surface area contributed by atoms with Gasteiger partial charge in [0.2, 0.25) is 0 Å². The van der Waals surface area contributed by atoms with Crippen molar-refractivity contribution in [2.24, 2.45) is 0 Å². The molecule has 1 atom stereocenters. The summed E-state index contributed by atoms with van der Waals surface area (Å²) in [5.74, 6) is 0. The van der Waals surface area contributed by atoms with Crippen molar-refractivity contribution in [3.63, 3.8) is 0 Å². The summed E-state index contributed by atoms with van der Waals surface area (Å²) in [7, 11) is 0. The highest BCUT2D eigenvalue weighted by Gasteiger charge is 2.20. The molecule has 2 rings (SSSR count). The van der Waals surface area contributed by atoms with E-state index in [0.717, 1.165) is 31.7 Å². The SMILES string of the molecule is FC(c1cc[c]cc1)N1CCNCC1. The third kappa shape index (κ3) is 2.11. The largest absolute Gasteiger partial charge is 0.314 e. The smallest absolute Gasteiger partial charge is 0.179 e. The van der Waals surface area contributed by atoms with E-state index in [2.05, 4.69) is 11.4 Å². The van der Waals surface area contributed by atoms with Crippen LogP contribution in [0.25, 0.3) is 0 Å². The molecular weight excluding hydrogens is 179 g/mol. The maximum atomic E-state index is 13.9. The number of hydrogen-bond acceptors (Lipinski definition) is 2. The highest BCUT2D eigenvalue weighted by Crippen LogP contribution is 2.21. The summed E-state index contributed by atoms with van der Waals surface area (Å²) in [4.78, 5) is 1.85. The van der Waals surface area contributed by atoms with Crippen molar-refractivity contribution in [2.45, 2.75) is 6.30 Å². The molecule has 1 saturated heterocycles. The molecule has 1 aromatic rings. The number of halogens is 1. The summed E-state index contributed by atoms with van der Waals surface area (Å²) in [5.41, 5.74) is 0.727. The number of nitrogens with zero attached hydrogens (tertiary/aromatic N) is 1. The third-order valence-corrected chi connectivity index (χ3v) is 2.49. The van der Waals surface area contributed by atoms with Crippen LogP contribution in [-0.2, 0) is 0 Å². The van der Waals surface area contributed by atoms with Crippen LogP contribution in [0.15, 0.2) is 24.3 Å². The van der Waals surface area contributed by atoms with E-state index in [-0.39, 0.29) is 0 Å². The lowest BCUT2D eigenvalue weighted by molar-refractivity contribution is 0.0699. The highest BCUT2D eigenvalue weighted by molar-refractivity contribution is 5.16. The van der Waals surface area contributed by atoms with Gasteiger partial charge in [0.25, 0.3) is 0 Å². The Hall–Kier alpha value is -0.930. The minimum absolute atomic E-state index is 0.727. The lowest BCUT2D eigenvalue weighted by Crippen LogP contribution is -2.44. The molecule has 14 heavy (non-hydrogen) atoms. The molecule has 0 aliphatic carbocycles. The fourth-order valence-corrected chi connectivity index (χ4v) is 1.68. The normalized spacial score (nSPS) is 20.6. The average Bonchev–Trinajstić information content (AvgIpc) is 2.30. The second-order valence-electron chi connectivity index (χ2n) is 3.46. The van der Waals surface area contributed by atoms with Crippen molar-refractivity contribution in [3.8, 4) is 0 Å². The predicted molar refractivity (Wildman–Crippen MR) is 53.6 cm³/mol. The van der Waals surface area contributed by atoms with Crippen LogP contribution in [0, 0.1) is 6.07 Å². The summed E-state index contributed by atoms with van der Waals surface area (Å²) in [6, 6.07) is 9.97. The molecular formula is C11H14FN2. The van der Waals surface area contributed by atoms with Gasteiger partial charge in [0.05, 0.1) is 0 Å². The van der Waals surface area contributed by atoms with Gasteiger partial charge in [0.15, 0.2) is 6.30 Å². The summed E-state index contributed by atoms with van der Waals surface area (Å²) in [6.45, 7) is 3.30. The molecule has 0 saturated carbocycles. The Morgan fingerprint density at radius 3 is 2.57 bits per heavy atom. The lowest BCUT2D eigenvalue weighted by atomic mass is 10.2. The van der Waals surface area contributed by atoms with Crippen molar-refractivity contribution in [3.05, 3.63) is 35.9 Å². The maximum absolute atomic E-state index is 13.9. The number of hydrogen-bond donors (Lipinski definition) is 1. The maximum Gasteiger partial charge on any atom is 0.179 e. The second kappa shape index (κ2) is 4.53. The van der Waals surface area contributed by atoms with Crippen LogP contribution < -0.4 is 5.32 Å². The molecule has 2 nitrogen and oxygen atoms in total. The second-order valence-corrected chi connectivity index (χ2v) is 3.46. The zero-order chi connectivity index (χ0) is 9.80. The number of alkyl halides is 1. The molecule has 0 spiro atoms. The Kier molecular flexibility index (Phi) is 3.11. The van der Waals surface area contributed by atoms with E-state index in [9.17, 15) is 4.39 Å². The van der Waals surface area contributed by atoms with Gasteiger partial charge in [-0.15, -0.1) is 0 Å². The van der Waals surface area contributed by atoms with Crippen LogP contribution in [0.2, 0.25) is 0 Å². The average molecular weight is 193 g/mol. The van der Waals surface area contributed by atoms with Gasteiger partial charge in [0, 0.05) is 31.7 Å². The predicted octanol–water partition coefficient (Wildman–Crippen LogP) is 1.36. The Balaban J connectivity index is 2.03. The monoisotopic (exact) mass is 193 g/mol. The van der Waals surface area contributed by atoms with Crippen LogP contribution >= 0.6 is 0 Å². The third-order valence-electron chi connectivity index (χ3n) is 2.49. The molecule has 0 aromatic heterocycles. The van der Waals surface area contributed by atoms with E-state index in [1.165, 1.54) is 0 Å². The molecule has 75 valence electrons. The zero-order valence-electron chi connectivity index (χ0n) is 8.04. The molecule has 1 radical (unpaired) electrons. The molecule has 1 fully saturated rings. The van der Waals surface area contributed by atoms with E-state index in [1.807, 2.05) is 4.90 Å². The number of benzene rings is 1. The van der Waals surface area contributed by atoms with Gasteiger partial charge in [-0.25, -0.2) is 4.39 Å². The summed E-state index contributed by atoms with van der Waals surface area (Å²) in [5, 5.41) is 3.21. The molecule has 0 bridgehead atoms. The van der Waals surface area contributed by atoms with Gasteiger partial charge in [-0.2, -0.15) is 0 Å². The summed E-state index contributed by atoms with van der Waals surface area (Å²) in [6.07, 6.45) is -0.966. The minimum Gasteiger partial charge on any atom is -0.314 e. The zero-order valence-corrected chi connectivity index (χ0v) is 8.04. The first-order valence-electron chi connectivity index (χ1n) is 4.93. The fraction of sp³-hybridized carbons (Fsp3) is 0.455. The van der Waals surface area contributed by atoms with Crippen LogP contribution in [0.4, 0.5) is 4.39 Å². The summed E-state index contributed by atoms with van der Waals surface area (Å²) >= 11 is 0. The highest BCUT2D eigenvalue weighted by atomic mass is 19.1. The van der Waals surface area contributed by atoms with Gasteiger partial charge in [0.1, 0.15) is 0 Å². The lowest BCUT2D eigenvalue weighted by Gasteiger charge is -2.30. The minimum atomic E-state index is -0.966. The van der Waals surface area contributed by atoms with Crippen LogP contribution in [0.1, 0.15) is 11.9 Å². The topological polar surface area (TPSA) is 15.3 Å². The van der Waals surface area contributed by atoms with Crippen molar-refractivity contribution in [1.29, 1.82) is 0 Å². The Morgan fingerprint density at radius 1 is 1.29 bits per heavy atom. The Bertz CT molecular complexity index is 270. The summed E-state index contributed by atoms with van der Waals surface area (Å²) < 4.78 is 13.9. The van der Waals surface area contributed by atoms with Crippen LogP contribution in [0.5, 0.6) is 0 Å². The van der Waals surface area contributed by atoms with Gasteiger partial charge < -0.3 is 5.32 Å². The van der Waals surface area contributed by atoms with Crippen LogP contribution in [-0.4, -0.2) is 31.1 Å². The Labute approximate surface area is 83.7 Å². The van der Waals surface area contributed by atoms with Crippen LogP contribution in [0.3, 0.4) is 0 Å². The quantitative estimate of drug-likeness (QED) is 0.713. The molecule has 1 heterocycles. The molecule has 1 N–H and O–H groups in total. The van der Waals surface area contributed by atoms with E-state index in [4.69, 9.17) is 0 Å². The first kappa shape index (κ1) is 9.62. The van der Waals surface area contributed by atoms with Gasteiger partial charge >= 0.3 is 0 Å². The van der Waals surface area contributed by atoms with E-state index < -0.39 is 6.30 Å². The molecule has 1 aromatic carbocycles. The van der Waals surface area contributed by atoms with Gasteiger partial charge in [-0.3, -0.25) is 4.90 Å². The van der Waals surface area contributed by atoms with Crippen molar-refractivity contribution >= 4 is 0 Å².